The molecule has 0 aromatic heterocycles. The zero-order valence-electron chi connectivity index (χ0n) is 15.7. The van der Waals surface area contributed by atoms with Gasteiger partial charge in [0.1, 0.15) is 5.75 Å². The monoisotopic (exact) mass is 454 g/mol. The summed E-state index contributed by atoms with van der Waals surface area (Å²) in [5.74, 6) is 0.217. The molecule has 0 saturated carbocycles. The largest absolute Gasteiger partial charge is 0.484 e. The van der Waals surface area contributed by atoms with E-state index in [9.17, 15) is 13.2 Å². The molecule has 146 valence electrons. The summed E-state index contributed by atoms with van der Waals surface area (Å²) in [7, 11) is -0.546. The molecule has 27 heavy (non-hydrogen) atoms. The lowest BCUT2D eigenvalue weighted by atomic mass is 10.1. The third-order valence-corrected chi connectivity index (χ3v) is 6.37. The van der Waals surface area contributed by atoms with E-state index < -0.39 is 10.0 Å². The molecule has 0 saturated heterocycles. The highest BCUT2D eigenvalue weighted by molar-refractivity contribution is 9.10. The Morgan fingerprint density at radius 1 is 1.19 bits per heavy atom. The van der Waals surface area contributed by atoms with Crippen LogP contribution in [0.3, 0.4) is 0 Å². The second-order valence-electron chi connectivity index (χ2n) is 6.34. The zero-order valence-corrected chi connectivity index (χ0v) is 18.1. The lowest BCUT2D eigenvalue weighted by Gasteiger charge is -2.16. The van der Waals surface area contributed by atoms with Crippen molar-refractivity contribution in [1.29, 1.82) is 0 Å². The van der Waals surface area contributed by atoms with Crippen molar-refractivity contribution in [2.24, 2.45) is 0 Å². The van der Waals surface area contributed by atoms with Gasteiger partial charge < -0.3 is 10.1 Å². The minimum absolute atomic E-state index is 0.150. The fourth-order valence-electron chi connectivity index (χ4n) is 2.42. The van der Waals surface area contributed by atoms with Crippen LogP contribution in [0.5, 0.6) is 5.75 Å². The minimum atomic E-state index is -3.50. The first-order chi connectivity index (χ1) is 12.6. The Labute approximate surface area is 168 Å². The van der Waals surface area contributed by atoms with Gasteiger partial charge in [-0.05, 0) is 55.3 Å². The molecule has 0 bridgehead atoms. The first-order valence-corrected chi connectivity index (χ1v) is 10.6. The van der Waals surface area contributed by atoms with Crippen LogP contribution in [-0.4, -0.2) is 39.3 Å². The van der Waals surface area contributed by atoms with Crippen LogP contribution >= 0.6 is 15.9 Å². The summed E-state index contributed by atoms with van der Waals surface area (Å²) < 4.78 is 32.0. The van der Waals surface area contributed by atoms with E-state index in [0.717, 1.165) is 14.3 Å². The summed E-state index contributed by atoms with van der Waals surface area (Å²) in [4.78, 5) is 12.3. The van der Waals surface area contributed by atoms with Gasteiger partial charge in [-0.15, -0.1) is 0 Å². The summed E-state index contributed by atoms with van der Waals surface area (Å²) in [5, 5.41) is 2.87. The fourth-order valence-corrected chi connectivity index (χ4v) is 3.67. The zero-order chi connectivity index (χ0) is 20.2. The maximum atomic E-state index is 12.2. The molecule has 0 heterocycles. The van der Waals surface area contributed by atoms with Crippen LogP contribution in [0.4, 0.5) is 0 Å². The molecule has 6 nitrogen and oxygen atoms in total. The Balaban J connectivity index is 1.98. The van der Waals surface area contributed by atoms with Gasteiger partial charge in [-0.1, -0.05) is 28.1 Å². The molecule has 0 spiro atoms. The topological polar surface area (TPSA) is 75.7 Å². The Morgan fingerprint density at radius 2 is 1.81 bits per heavy atom. The number of hydrogen-bond donors (Lipinski definition) is 1. The Morgan fingerprint density at radius 3 is 2.37 bits per heavy atom. The predicted octanol–water partition coefficient (Wildman–Crippen LogP) is 3.26. The summed E-state index contributed by atoms with van der Waals surface area (Å²) in [6.45, 7) is 3.49. The highest BCUT2D eigenvalue weighted by Gasteiger charge is 2.18. The van der Waals surface area contributed by atoms with Gasteiger partial charge in [0, 0.05) is 18.6 Å². The Kier molecular flexibility index (Phi) is 7.02. The minimum Gasteiger partial charge on any atom is -0.484 e. The van der Waals surface area contributed by atoms with E-state index in [1.807, 2.05) is 31.2 Å². The van der Waals surface area contributed by atoms with Gasteiger partial charge in [-0.25, -0.2) is 12.7 Å². The first-order valence-electron chi connectivity index (χ1n) is 8.32. The second-order valence-corrected chi connectivity index (χ2v) is 9.41. The lowest BCUT2D eigenvalue weighted by Crippen LogP contribution is -2.31. The van der Waals surface area contributed by atoms with Crippen LogP contribution in [0.25, 0.3) is 0 Å². The molecule has 8 heteroatoms. The van der Waals surface area contributed by atoms with E-state index in [1.54, 1.807) is 13.0 Å². The van der Waals surface area contributed by atoms with Crippen molar-refractivity contribution in [2.75, 3.05) is 20.7 Å². The number of rotatable bonds is 7. The molecule has 1 unspecified atom stereocenters. The SMILES string of the molecule is Cc1cc(S(=O)(=O)N(C)C)ccc1OCC(=O)NC(C)c1ccc(Br)cc1. The van der Waals surface area contributed by atoms with Crippen molar-refractivity contribution >= 4 is 31.9 Å². The second kappa shape index (κ2) is 8.86. The number of benzene rings is 2. The van der Waals surface area contributed by atoms with Gasteiger partial charge in [0.25, 0.3) is 5.91 Å². The van der Waals surface area contributed by atoms with Crippen LogP contribution in [0.1, 0.15) is 24.1 Å². The number of carbonyl (C=O) groups excluding carboxylic acids is 1. The van der Waals surface area contributed by atoms with Crippen LogP contribution in [0.15, 0.2) is 51.8 Å². The molecule has 2 aromatic carbocycles. The van der Waals surface area contributed by atoms with Crippen molar-refractivity contribution < 1.29 is 17.9 Å². The summed E-state index contributed by atoms with van der Waals surface area (Å²) in [6, 6.07) is 12.1. The number of halogens is 1. The number of amides is 1. The van der Waals surface area contributed by atoms with E-state index in [-0.39, 0.29) is 23.5 Å². The van der Waals surface area contributed by atoms with Gasteiger partial charge in [-0.2, -0.15) is 0 Å². The van der Waals surface area contributed by atoms with E-state index in [0.29, 0.717) is 11.3 Å². The van der Waals surface area contributed by atoms with E-state index in [4.69, 9.17) is 4.74 Å². The molecular weight excluding hydrogens is 432 g/mol. The maximum Gasteiger partial charge on any atom is 0.258 e. The lowest BCUT2D eigenvalue weighted by molar-refractivity contribution is -0.123. The normalized spacial score (nSPS) is 12.7. The number of carbonyl (C=O) groups is 1. The Bertz CT molecular complexity index is 912. The van der Waals surface area contributed by atoms with Crippen molar-refractivity contribution in [2.45, 2.75) is 24.8 Å². The van der Waals surface area contributed by atoms with Crippen LogP contribution in [-0.2, 0) is 14.8 Å². The summed E-state index contributed by atoms with van der Waals surface area (Å²) in [6.07, 6.45) is 0. The van der Waals surface area contributed by atoms with Crippen LogP contribution in [0.2, 0.25) is 0 Å². The van der Waals surface area contributed by atoms with E-state index in [2.05, 4.69) is 21.2 Å². The molecule has 1 atom stereocenters. The number of aryl methyl sites for hydroxylation is 1. The number of ether oxygens (including phenoxy) is 1. The molecule has 0 fully saturated rings. The average Bonchev–Trinajstić information content (AvgIpc) is 2.60. The highest BCUT2D eigenvalue weighted by atomic mass is 79.9. The number of sulfonamides is 1. The number of nitrogens with zero attached hydrogens (tertiary/aromatic N) is 1. The van der Waals surface area contributed by atoms with Crippen molar-refractivity contribution in [3.8, 4) is 5.75 Å². The molecule has 1 amide bonds. The smallest absolute Gasteiger partial charge is 0.258 e. The van der Waals surface area contributed by atoms with Crippen molar-refractivity contribution in [1.82, 2.24) is 9.62 Å². The molecule has 0 aliphatic carbocycles. The highest BCUT2D eigenvalue weighted by Crippen LogP contribution is 2.23. The van der Waals surface area contributed by atoms with Gasteiger partial charge >= 0.3 is 0 Å². The standard InChI is InChI=1S/C19H23BrN2O4S/c1-13-11-17(27(24,25)22(3)4)9-10-18(13)26-12-19(23)21-14(2)15-5-7-16(20)8-6-15/h5-11,14H,12H2,1-4H3,(H,21,23). The Hall–Kier alpha value is -1.90. The first kappa shape index (κ1) is 21.4. The average molecular weight is 455 g/mol. The van der Waals surface area contributed by atoms with Crippen LogP contribution < -0.4 is 10.1 Å². The molecule has 0 aliphatic rings. The fraction of sp³-hybridized carbons (Fsp3) is 0.316. The van der Waals surface area contributed by atoms with E-state index >= 15 is 0 Å². The number of nitrogens with one attached hydrogen (secondary N) is 1. The van der Waals surface area contributed by atoms with Gasteiger partial charge in [-0.3, -0.25) is 4.79 Å². The maximum absolute atomic E-state index is 12.2. The van der Waals surface area contributed by atoms with Gasteiger partial charge in [0.15, 0.2) is 6.61 Å². The molecular formula is C19H23BrN2O4S. The van der Waals surface area contributed by atoms with Gasteiger partial charge in [0.05, 0.1) is 10.9 Å². The van der Waals surface area contributed by atoms with Gasteiger partial charge in [0.2, 0.25) is 10.0 Å². The van der Waals surface area contributed by atoms with Crippen LogP contribution in [0, 0.1) is 6.92 Å². The summed E-state index contributed by atoms with van der Waals surface area (Å²) in [5.41, 5.74) is 1.63. The summed E-state index contributed by atoms with van der Waals surface area (Å²) >= 11 is 3.38. The molecule has 0 radical (unpaired) electrons. The van der Waals surface area contributed by atoms with E-state index in [1.165, 1.54) is 26.2 Å². The molecule has 2 rings (SSSR count). The molecule has 0 aliphatic heterocycles. The quantitative estimate of drug-likeness (QED) is 0.696. The molecule has 1 N–H and O–H groups in total. The van der Waals surface area contributed by atoms with Crippen molar-refractivity contribution in [3.63, 3.8) is 0 Å². The predicted molar refractivity (Wildman–Crippen MR) is 108 cm³/mol. The number of hydrogen-bond acceptors (Lipinski definition) is 4. The molecule has 2 aromatic rings. The third-order valence-electron chi connectivity index (χ3n) is 4.03. The third kappa shape index (κ3) is 5.54. The van der Waals surface area contributed by atoms with Crippen molar-refractivity contribution in [3.05, 3.63) is 58.1 Å².